The number of amides is 1. The lowest BCUT2D eigenvalue weighted by Crippen LogP contribution is -2.30. The molecule has 2 heterocycles. The number of rotatable bonds is 8. The number of carbonyl (C=O) groups is 1. The molecule has 31 heavy (non-hydrogen) atoms. The Kier molecular flexibility index (Phi) is 6.89. The SMILES string of the molecule is O=C(CCCSc1ccccc1)N(Cc1cccnc1)c1nc2c(F)cc(F)cc2s1. The quantitative estimate of drug-likeness (QED) is 0.239. The summed E-state index contributed by atoms with van der Waals surface area (Å²) in [6.45, 7) is 0.266. The molecule has 0 spiro atoms. The third-order valence-corrected chi connectivity index (χ3v) is 6.67. The molecule has 0 saturated carbocycles. The van der Waals surface area contributed by atoms with E-state index >= 15 is 0 Å². The van der Waals surface area contributed by atoms with Crippen molar-refractivity contribution in [3.05, 3.63) is 84.2 Å². The summed E-state index contributed by atoms with van der Waals surface area (Å²) < 4.78 is 28.1. The number of nitrogens with zero attached hydrogens (tertiary/aromatic N) is 3. The Morgan fingerprint density at radius 1 is 1.10 bits per heavy atom. The first-order valence-electron chi connectivity index (χ1n) is 9.73. The van der Waals surface area contributed by atoms with Crippen molar-refractivity contribution in [1.82, 2.24) is 9.97 Å². The summed E-state index contributed by atoms with van der Waals surface area (Å²) in [6, 6.07) is 15.7. The van der Waals surface area contributed by atoms with Crippen molar-refractivity contribution < 1.29 is 13.6 Å². The van der Waals surface area contributed by atoms with Crippen LogP contribution < -0.4 is 4.90 Å². The molecule has 0 bridgehead atoms. The Morgan fingerprint density at radius 3 is 2.71 bits per heavy atom. The molecule has 4 rings (SSSR count). The monoisotopic (exact) mass is 455 g/mol. The highest BCUT2D eigenvalue weighted by atomic mass is 32.2. The van der Waals surface area contributed by atoms with Gasteiger partial charge < -0.3 is 0 Å². The molecular weight excluding hydrogens is 436 g/mol. The predicted octanol–water partition coefficient (Wildman–Crippen LogP) is 6.08. The number of pyridine rings is 1. The van der Waals surface area contributed by atoms with Gasteiger partial charge in [0.2, 0.25) is 5.91 Å². The first-order valence-corrected chi connectivity index (χ1v) is 11.5. The average molecular weight is 456 g/mol. The Bertz CT molecular complexity index is 1170. The second-order valence-corrected chi connectivity index (χ2v) is 9.01. The van der Waals surface area contributed by atoms with Gasteiger partial charge >= 0.3 is 0 Å². The summed E-state index contributed by atoms with van der Waals surface area (Å²) in [5.74, 6) is -0.706. The van der Waals surface area contributed by atoms with Gasteiger partial charge in [-0.3, -0.25) is 14.7 Å². The number of aromatic nitrogens is 2. The van der Waals surface area contributed by atoms with Gasteiger partial charge in [-0.2, -0.15) is 0 Å². The van der Waals surface area contributed by atoms with Crippen molar-refractivity contribution in [2.45, 2.75) is 24.3 Å². The molecule has 4 nitrogen and oxygen atoms in total. The summed E-state index contributed by atoms with van der Waals surface area (Å²) >= 11 is 2.80. The highest BCUT2D eigenvalue weighted by Crippen LogP contribution is 2.32. The van der Waals surface area contributed by atoms with Crippen LogP contribution in [0.4, 0.5) is 13.9 Å². The molecule has 0 N–H and O–H groups in total. The van der Waals surface area contributed by atoms with Gasteiger partial charge in [0.05, 0.1) is 11.2 Å². The fourth-order valence-electron chi connectivity index (χ4n) is 3.06. The van der Waals surface area contributed by atoms with Crippen molar-refractivity contribution >= 4 is 44.4 Å². The van der Waals surface area contributed by atoms with Crippen LogP contribution in [0.15, 0.2) is 71.9 Å². The van der Waals surface area contributed by atoms with Gasteiger partial charge in [0.25, 0.3) is 0 Å². The fraction of sp³-hybridized carbons (Fsp3) is 0.174. The number of fused-ring (bicyclic) bond motifs is 1. The molecule has 0 aliphatic rings. The lowest BCUT2D eigenvalue weighted by molar-refractivity contribution is -0.118. The number of thiazole rings is 1. The van der Waals surface area contributed by atoms with Crippen LogP contribution in [0.3, 0.4) is 0 Å². The highest BCUT2D eigenvalue weighted by molar-refractivity contribution is 7.99. The van der Waals surface area contributed by atoms with E-state index in [4.69, 9.17) is 0 Å². The molecule has 2 aromatic carbocycles. The topological polar surface area (TPSA) is 46.1 Å². The van der Waals surface area contributed by atoms with Gasteiger partial charge in [0, 0.05) is 29.8 Å². The van der Waals surface area contributed by atoms with Crippen LogP contribution in [0, 0.1) is 11.6 Å². The van der Waals surface area contributed by atoms with Crippen LogP contribution in [0.2, 0.25) is 0 Å². The minimum Gasteiger partial charge on any atom is -0.284 e. The summed E-state index contributed by atoms with van der Waals surface area (Å²) in [6.07, 6.45) is 4.36. The van der Waals surface area contributed by atoms with Gasteiger partial charge in [0.1, 0.15) is 11.3 Å². The number of hydrogen-bond acceptors (Lipinski definition) is 5. The number of hydrogen-bond donors (Lipinski definition) is 0. The normalized spacial score (nSPS) is 11.0. The van der Waals surface area contributed by atoms with Crippen LogP contribution in [0.5, 0.6) is 0 Å². The summed E-state index contributed by atoms with van der Waals surface area (Å²) in [7, 11) is 0. The predicted molar refractivity (Wildman–Crippen MR) is 121 cm³/mol. The number of halogens is 2. The average Bonchev–Trinajstić information content (AvgIpc) is 3.20. The van der Waals surface area contributed by atoms with Crippen molar-refractivity contribution in [3.8, 4) is 0 Å². The molecule has 0 atom stereocenters. The number of thioether (sulfide) groups is 1. The molecule has 2 aromatic heterocycles. The van der Waals surface area contributed by atoms with Crippen LogP contribution in [-0.2, 0) is 11.3 Å². The van der Waals surface area contributed by atoms with E-state index in [1.165, 1.54) is 11.0 Å². The van der Waals surface area contributed by atoms with E-state index in [-0.39, 0.29) is 18.0 Å². The van der Waals surface area contributed by atoms with Crippen molar-refractivity contribution in [3.63, 3.8) is 0 Å². The zero-order chi connectivity index (χ0) is 21.6. The number of anilines is 1. The van der Waals surface area contributed by atoms with Crippen molar-refractivity contribution in [1.29, 1.82) is 0 Å². The van der Waals surface area contributed by atoms with Crippen molar-refractivity contribution in [2.24, 2.45) is 0 Å². The van der Waals surface area contributed by atoms with E-state index < -0.39 is 11.6 Å². The van der Waals surface area contributed by atoms with Gasteiger partial charge in [0.15, 0.2) is 10.9 Å². The summed E-state index contributed by atoms with van der Waals surface area (Å²) in [4.78, 5) is 24.2. The standard InChI is InChI=1S/C23H19F2N3OS2/c24-17-12-19(25)22-20(13-17)31-23(27-22)28(15-16-6-4-10-26-14-16)21(29)9-5-11-30-18-7-2-1-3-8-18/h1-4,6-8,10,12-14H,5,9,11,15H2. The second kappa shape index (κ2) is 9.98. The molecular formula is C23H19F2N3OS2. The largest absolute Gasteiger partial charge is 0.284 e. The first-order chi connectivity index (χ1) is 15.1. The van der Waals surface area contributed by atoms with Crippen LogP contribution in [-0.4, -0.2) is 21.6 Å². The van der Waals surface area contributed by atoms with E-state index in [1.807, 2.05) is 36.4 Å². The van der Waals surface area contributed by atoms with Gasteiger partial charge in [-0.25, -0.2) is 13.8 Å². The molecule has 0 fully saturated rings. The van der Waals surface area contributed by atoms with E-state index in [2.05, 4.69) is 9.97 Å². The summed E-state index contributed by atoms with van der Waals surface area (Å²) in [5, 5.41) is 0.351. The highest BCUT2D eigenvalue weighted by Gasteiger charge is 2.21. The molecule has 8 heteroatoms. The van der Waals surface area contributed by atoms with Gasteiger partial charge in [-0.15, -0.1) is 11.8 Å². The Balaban J connectivity index is 1.51. The Hall–Kier alpha value is -2.84. The third kappa shape index (κ3) is 5.45. The van der Waals surface area contributed by atoms with E-state index in [9.17, 15) is 13.6 Å². The lowest BCUT2D eigenvalue weighted by atomic mass is 10.2. The fourth-order valence-corrected chi connectivity index (χ4v) is 4.96. The molecule has 0 saturated heterocycles. The maximum Gasteiger partial charge on any atom is 0.229 e. The van der Waals surface area contributed by atoms with Gasteiger partial charge in [-0.1, -0.05) is 35.6 Å². The van der Waals surface area contributed by atoms with Crippen LogP contribution >= 0.6 is 23.1 Å². The number of carbonyl (C=O) groups excluding carboxylic acids is 1. The Morgan fingerprint density at radius 2 is 1.94 bits per heavy atom. The molecule has 4 aromatic rings. The smallest absolute Gasteiger partial charge is 0.229 e. The van der Waals surface area contributed by atoms with Gasteiger partial charge in [-0.05, 0) is 42.0 Å². The lowest BCUT2D eigenvalue weighted by Gasteiger charge is -2.20. The minimum absolute atomic E-state index is 0.0741. The molecule has 0 radical (unpaired) electrons. The Labute approximate surface area is 187 Å². The zero-order valence-electron chi connectivity index (χ0n) is 16.5. The third-order valence-electron chi connectivity index (χ3n) is 4.54. The van der Waals surface area contributed by atoms with Crippen molar-refractivity contribution in [2.75, 3.05) is 10.7 Å². The molecule has 1 amide bonds. The van der Waals surface area contributed by atoms with Crippen LogP contribution in [0.1, 0.15) is 18.4 Å². The minimum atomic E-state index is -0.731. The molecule has 0 aliphatic heterocycles. The van der Waals surface area contributed by atoms with E-state index in [1.54, 1.807) is 30.2 Å². The van der Waals surface area contributed by atoms with E-state index in [0.717, 1.165) is 33.6 Å². The first kappa shape index (κ1) is 21.4. The molecule has 158 valence electrons. The molecule has 0 unspecified atom stereocenters. The molecule has 0 aliphatic carbocycles. The second-order valence-electron chi connectivity index (χ2n) is 6.84. The van der Waals surface area contributed by atoms with E-state index in [0.29, 0.717) is 22.7 Å². The maximum atomic E-state index is 14.1. The maximum absolute atomic E-state index is 14.1. The van der Waals surface area contributed by atoms with Crippen LogP contribution in [0.25, 0.3) is 10.2 Å². The summed E-state index contributed by atoms with van der Waals surface area (Å²) in [5.41, 5.74) is 0.908. The zero-order valence-corrected chi connectivity index (χ0v) is 18.1. The number of benzene rings is 2.